The summed E-state index contributed by atoms with van der Waals surface area (Å²) >= 11 is 0. The predicted molar refractivity (Wildman–Crippen MR) is 53.5 cm³/mol. The molecular formula is C10H17N3O. The molecule has 0 spiro atoms. The quantitative estimate of drug-likeness (QED) is 0.698. The summed E-state index contributed by atoms with van der Waals surface area (Å²) in [6, 6.07) is 1.91. The molecule has 1 rings (SSSR count). The van der Waals surface area contributed by atoms with Gasteiger partial charge in [0.2, 0.25) is 5.91 Å². The molecule has 1 aliphatic rings. The Balaban J connectivity index is 2.69. The van der Waals surface area contributed by atoms with Crippen LogP contribution >= 0.6 is 0 Å². The van der Waals surface area contributed by atoms with E-state index >= 15 is 0 Å². The number of nitrogens with one attached hydrogen (secondary N) is 1. The summed E-state index contributed by atoms with van der Waals surface area (Å²) in [7, 11) is 1.64. The fourth-order valence-corrected chi connectivity index (χ4v) is 1.94. The number of likely N-dealkylation sites (tertiary alicyclic amines) is 1. The Morgan fingerprint density at radius 3 is 2.93 bits per heavy atom. The fourth-order valence-electron chi connectivity index (χ4n) is 1.94. The number of rotatable bonds is 2. The van der Waals surface area contributed by atoms with Gasteiger partial charge >= 0.3 is 0 Å². The van der Waals surface area contributed by atoms with Crippen molar-refractivity contribution in [1.82, 2.24) is 10.2 Å². The summed E-state index contributed by atoms with van der Waals surface area (Å²) in [6.07, 6.45) is 3.03. The molecule has 0 aliphatic carbocycles. The van der Waals surface area contributed by atoms with Gasteiger partial charge in [0, 0.05) is 13.6 Å². The summed E-state index contributed by atoms with van der Waals surface area (Å²) in [5.74, 6) is 0.0341. The molecule has 2 unspecified atom stereocenters. The predicted octanol–water partition coefficient (Wildman–Crippen LogP) is 0.499. The van der Waals surface area contributed by atoms with Gasteiger partial charge in [-0.1, -0.05) is 6.42 Å². The molecular weight excluding hydrogens is 178 g/mol. The van der Waals surface area contributed by atoms with Crippen LogP contribution in [0.25, 0.3) is 0 Å². The van der Waals surface area contributed by atoms with Gasteiger partial charge in [-0.25, -0.2) is 0 Å². The smallest absolute Gasteiger partial charge is 0.237 e. The largest absolute Gasteiger partial charge is 0.358 e. The Kier molecular flexibility index (Phi) is 3.90. The molecule has 1 N–H and O–H groups in total. The van der Waals surface area contributed by atoms with Crippen molar-refractivity contribution in [3.05, 3.63) is 0 Å². The van der Waals surface area contributed by atoms with E-state index in [9.17, 15) is 4.79 Å². The number of carbonyl (C=O) groups excluding carboxylic acids is 1. The van der Waals surface area contributed by atoms with Gasteiger partial charge in [-0.05, 0) is 19.8 Å². The van der Waals surface area contributed by atoms with Gasteiger partial charge in [0.05, 0.1) is 18.2 Å². The van der Waals surface area contributed by atoms with E-state index in [0.717, 1.165) is 25.8 Å². The molecule has 1 amide bonds. The summed E-state index contributed by atoms with van der Waals surface area (Å²) < 4.78 is 0. The van der Waals surface area contributed by atoms with Gasteiger partial charge < -0.3 is 5.32 Å². The number of nitriles is 1. The zero-order valence-corrected chi connectivity index (χ0v) is 8.79. The lowest BCUT2D eigenvalue weighted by Crippen LogP contribution is -2.51. The van der Waals surface area contributed by atoms with E-state index in [0.29, 0.717) is 0 Å². The summed E-state index contributed by atoms with van der Waals surface area (Å²) in [4.78, 5) is 13.5. The van der Waals surface area contributed by atoms with Crippen LogP contribution in [-0.2, 0) is 4.79 Å². The van der Waals surface area contributed by atoms with Crippen LogP contribution < -0.4 is 5.32 Å². The number of amides is 1. The van der Waals surface area contributed by atoms with Gasteiger partial charge in [-0.15, -0.1) is 0 Å². The average Bonchev–Trinajstić information content (AvgIpc) is 2.27. The Bertz CT molecular complexity index is 246. The second-order valence-electron chi connectivity index (χ2n) is 3.67. The Labute approximate surface area is 84.9 Å². The number of carbonyl (C=O) groups is 1. The SMILES string of the molecule is CNC(=O)C1CCCCN1C(C)C#N. The molecule has 1 fully saturated rings. The minimum Gasteiger partial charge on any atom is -0.358 e. The van der Waals surface area contributed by atoms with Crippen molar-refractivity contribution in [1.29, 1.82) is 5.26 Å². The van der Waals surface area contributed by atoms with Crippen molar-refractivity contribution in [3.8, 4) is 6.07 Å². The van der Waals surface area contributed by atoms with Crippen LogP contribution in [0.15, 0.2) is 0 Å². The number of nitrogens with zero attached hydrogens (tertiary/aromatic N) is 2. The highest BCUT2D eigenvalue weighted by Gasteiger charge is 2.30. The highest BCUT2D eigenvalue weighted by molar-refractivity contribution is 5.81. The van der Waals surface area contributed by atoms with Gasteiger partial charge in [0.15, 0.2) is 0 Å². The lowest BCUT2D eigenvalue weighted by atomic mass is 10.00. The highest BCUT2D eigenvalue weighted by atomic mass is 16.2. The normalized spacial score (nSPS) is 25.1. The highest BCUT2D eigenvalue weighted by Crippen LogP contribution is 2.19. The Hall–Kier alpha value is -1.08. The van der Waals surface area contributed by atoms with Crippen LogP contribution in [0.4, 0.5) is 0 Å². The van der Waals surface area contributed by atoms with E-state index in [4.69, 9.17) is 5.26 Å². The molecule has 4 nitrogen and oxygen atoms in total. The zero-order valence-electron chi connectivity index (χ0n) is 8.79. The first-order chi connectivity index (χ1) is 6.70. The van der Waals surface area contributed by atoms with Crippen molar-refractivity contribution in [2.24, 2.45) is 0 Å². The molecule has 0 aromatic rings. The van der Waals surface area contributed by atoms with Crippen LogP contribution in [0.2, 0.25) is 0 Å². The van der Waals surface area contributed by atoms with Gasteiger partial charge in [0.1, 0.15) is 0 Å². The van der Waals surface area contributed by atoms with Crippen LogP contribution in [0.1, 0.15) is 26.2 Å². The van der Waals surface area contributed by atoms with E-state index < -0.39 is 0 Å². The molecule has 0 bridgehead atoms. The van der Waals surface area contributed by atoms with Crippen LogP contribution in [0, 0.1) is 11.3 Å². The molecule has 78 valence electrons. The number of likely N-dealkylation sites (N-methyl/N-ethyl adjacent to an activating group) is 1. The molecule has 0 aromatic carbocycles. The minimum absolute atomic E-state index is 0.0341. The standard InChI is InChI=1S/C10H17N3O/c1-8(7-11)13-6-4-3-5-9(13)10(14)12-2/h8-9H,3-6H2,1-2H3,(H,12,14). The van der Waals surface area contributed by atoms with E-state index in [1.807, 2.05) is 11.8 Å². The molecule has 0 radical (unpaired) electrons. The third-order valence-corrected chi connectivity index (χ3v) is 2.78. The molecule has 0 saturated carbocycles. The van der Waals surface area contributed by atoms with Crippen molar-refractivity contribution in [3.63, 3.8) is 0 Å². The maximum Gasteiger partial charge on any atom is 0.237 e. The first-order valence-electron chi connectivity index (χ1n) is 5.07. The van der Waals surface area contributed by atoms with Crippen LogP contribution in [-0.4, -0.2) is 36.5 Å². The molecule has 1 heterocycles. The number of hydrogen-bond acceptors (Lipinski definition) is 3. The third-order valence-electron chi connectivity index (χ3n) is 2.78. The van der Waals surface area contributed by atoms with E-state index in [-0.39, 0.29) is 18.0 Å². The summed E-state index contributed by atoms with van der Waals surface area (Å²) in [6.45, 7) is 2.70. The third kappa shape index (κ3) is 2.24. The van der Waals surface area contributed by atoms with E-state index in [2.05, 4.69) is 11.4 Å². The van der Waals surface area contributed by atoms with Crippen molar-refractivity contribution in [2.45, 2.75) is 38.3 Å². The maximum absolute atomic E-state index is 11.5. The van der Waals surface area contributed by atoms with Gasteiger partial charge in [-0.3, -0.25) is 9.69 Å². The second kappa shape index (κ2) is 4.97. The van der Waals surface area contributed by atoms with Crippen LogP contribution in [0.5, 0.6) is 0 Å². The Morgan fingerprint density at radius 1 is 1.64 bits per heavy atom. The zero-order chi connectivity index (χ0) is 10.6. The first-order valence-corrected chi connectivity index (χ1v) is 5.07. The average molecular weight is 195 g/mol. The first kappa shape index (κ1) is 11.0. The maximum atomic E-state index is 11.5. The molecule has 1 saturated heterocycles. The lowest BCUT2D eigenvalue weighted by Gasteiger charge is -2.35. The summed E-state index contributed by atoms with van der Waals surface area (Å²) in [5.41, 5.74) is 0. The molecule has 2 atom stereocenters. The summed E-state index contributed by atoms with van der Waals surface area (Å²) in [5, 5.41) is 11.5. The number of hydrogen-bond donors (Lipinski definition) is 1. The monoisotopic (exact) mass is 195 g/mol. The van der Waals surface area contributed by atoms with Crippen molar-refractivity contribution in [2.75, 3.05) is 13.6 Å². The number of piperidine rings is 1. The fraction of sp³-hybridized carbons (Fsp3) is 0.800. The van der Waals surface area contributed by atoms with Crippen LogP contribution in [0.3, 0.4) is 0 Å². The molecule has 1 aliphatic heterocycles. The molecule has 4 heteroatoms. The van der Waals surface area contributed by atoms with E-state index in [1.54, 1.807) is 7.05 Å². The molecule has 0 aromatic heterocycles. The molecule has 14 heavy (non-hydrogen) atoms. The van der Waals surface area contributed by atoms with Crippen molar-refractivity contribution < 1.29 is 4.79 Å². The van der Waals surface area contributed by atoms with Gasteiger partial charge in [0.25, 0.3) is 0 Å². The second-order valence-corrected chi connectivity index (χ2v) is 3.67. The van der Waals surface area contributed by atoms with Gasteiger partial charge in [-0.2, -0.15) is 5.26 Å². The van der Waals surface area contributed by atoms with Crippen molar-refractivity contribution >= 4 is 5.91 Å². The topological polar surface area (TPSA) is 56.1 Å². The van der Waals surface area contributed by atoms with E-state index in [1.165, 1.54) is 0 Å². The lowest BCUT2D eigenvalue weighted by molar-refractivity contribution is -0.127. The Morgan fingerprint density at radius 2 is 2.36 bits per heavy atom. The minimum atomic E-state index is -0.169.